The molecule has 2 nitrogen and oxygen atoms in total. The van der Waals surface area contributed by atoms with Gasteiger partial charge in [-0.3, -0.25) is 0 Å². The van der Waals surface area contributed by atoms with Gasteiger partial charge in [0.1, 0.15) is 5.82 Å². The number of nitrogens with two attached hydrogens (primary N) is 1. The molecular formula is C10H10ClFN2. The fourth-order valence-corrected chi connectivity index (χ4v) is 1.51. The SMILES string of the molecule is Cc1ccc(F)c([C@H](N)CC#N)c1Cl. The smallest absolute Gasteiger partial charge is 0.129 e. The first-order valence-electron chi connectivity index (χ1n) is 4.15. The van der Waals surface area contributed by atoms with Crippen LogP contribution in [0.15, 0.2) is 12.1 Å². The molecule has 1 aromatic rings. The van der Waals surface area contributed by atoms with E-state index in [1.807, 2.05) is 6.07 Å². The molecule has 0 amide bonds. The van der Waals surface area contributed by atoms with Crippen LogP contribution < -0.4 is 5.73 Å². The van der Waals surface area contributed by atoms with Crippen LogP contribution >= 0.6 is 11.6 Å². The number of hydrogen-bond donors (Lipinski definition) is 1. The zero-order chi connectivity index (χ0) is 10.7. The molecule has 0 heterocycles. The van der Waals surface area contributed by atoms with Crippen LogP contribution in [0, 0.1) is 24.1 Å². The summed E-state index contributed by atoms with van der Waals surface area (Å²) in [7, 11) is 0. The highest BCUT2D eigenvalue weighted by Crippen LogP contribution is 2.28. The molecule has 2 N–H and O–H groups in total. The van der Waals surface area contributed by atoms with Crippen molar-refractivity contribution in [3.05, 3.63) is 34.1 Å². The Morgan fingerprint density at radius 3 is 2.86 bits per heavy atom. The molecule has 0 aliphatic heterocycles. The summed E-state index contributed by atoms with van der Waals surface area (Å²) in [5.41, 5.74) is 6.62. The van der Waals surface area contributed by atoms with Gasteiger partial charge < -0.3 is 5.73 Å². The van der Waals surface area contributed by atoms with E-state index in [1.54, 1.807) is 13.0 Å². The molecule has 0 radical (unpaired) electrons. The van der Waals surface area contributed by atoms with Gasteiger partial charge in [0, 0.05) is 11.6 Å². The molecule has 14 heavy (non-hydrogen) atoms. The third kappa shape index (κ3) is 2.03. The number of nitrogens with zero attached hydrogens (tertiary/aromatic N) is 1. The van der Waals surface area contributed by atoms with Crippen LogP contribution in [0.3, 0.4) is 0 Å². The second kappa shape index (κ2) is 4.41. The van der Waals surface area contributed by atoms with Crippen LogP contribution in [0.5, 0.6) is 0 Å². The lowest BCUT2D eigenvalue weighted by Gasteiger charge is -2.12. The number of rotatable bonds is 2. The van der Waals surface area contributed by atoms with Crippen LogP contribution in [0.25, 0.3) is 0 Å². The number of hydrogen-bond acceptors (Lipinski definition) is 2. The van der Waals surface area contributed by atoms with Gasteiger partial charge in [-0.2, -0.15) is 5.26 Å². The van der Waals surface area contributed by atoms with Crippen molar-refractivity contribution in [1.82, 2.24) is 0 Å². The Morgan fingerprint density at radius 1 is 1.64 bits per heavy atom. The summed E-state index contributed by atoms with van der Waals surface area (Å²) < 4.78 is 13.3. The number of nitriles is 1. The Hall–Kier alpha value is -1.11. The lowest BCUT2D eigenvalue weighted by Crippen LogP contribution is -2.12. The Kier molecular flexibility index (Phi) is 3.45. The summed E-state index contributed by atoms with van der Waals surface area (Å²) >= 11 is 5.90. The average Bonchev–Trinajstić information content (AvgIpc) is 2.13. The van der Waals surface area contributed by atoms with Crippen molar-refractivity contribution in [2.75, 3.05) is 0 Å². The molecule has 1 rings (SSSR count). The van der Waals surface area contributed by atoms with Crippen molar-refractivity contribution >= 4 is 11.6 Å². The molecule has 0 unspecified atom stereocenters. The van der Waals surface area contributed by atoms with Gasteiger partial charge in [0.25, 0.3) is 0 Å². The molecule has 74 valence electrons. The minimum Gasteiger partial charge on any atom is -0.323 e. The Balaban J connectivity index is 3.19. The van der Waals surface area contributed by atoms with E-state index in [-0.39, 0.29) is 12.0 Å². The molecule has 4 heteroatoms. The molecule has 1 atom stereocenters. The number of halogens is 2. The minimum atomic E-state index is -0.660. The quantitative estimate of drug-likeness (QED) is 0.820. The predicted octanol–water partition coefficient (Wildman–Crippen LogP) is 2.70. The van der Waals surface area contributed by atoms with E-state index in [9.17, 15) is 4.39 Å². The topological polar surface area (TPSA) is 49.8 Å². The third-order valence-corrected chi connectivity index (χ3v) is 2.50. The molecule has 1 aromatic carbocycles. The van der Waals surface area contributed by atoms with Gasteiger partial charge in [-0.15, -0.1) is 0 Å². The van der Waals surface area contributed by atoms with Crippen LogP contribution in [0.2, 0.25) is 5.02 Å². The lowest BCUT2D eigenvalue weighted by molar-refractivity contribution is 0.584. The van der Waals surface area contributed by atoms with Gasteiger partial charge in [-0.05, 0) is 18.6 Å². The van der Waals surface area contributed by atoms with Crippen molar-refractivity contribution in [1.29, 1.82) is 5.26 Å². The second-order valence-corrected chi connectivity index (χ2v) is 3.44. The summed E-state index contributed by atoms with van der Waals surface area (Å²) in [6, 6.07) is 4.13. The Bertz CT molecular complexity index is 384. The van der Waals surface area contributed by atoms with Crippen molar-refractivity contribution in [3.8, 4) is 6.07 Å². The summed E-state index contributed by atoms with van der Waals surface area (Å²) in [6.45, 7) is 1.77. The van der Waals surface area contributed by atoms with E-state index in [0.29, 0.717) is 5.02 Å². The highest BCUT2D eigenvalue weighted by Gasteiger charge is 2.16. The minimum absolute atomic E-state index is 0.0556. The third-order valence-electron chi connectivity index (χ3n) is 2.00. The summed E-state index contributed by atoms with van der Waals surface area (Å²) in [5.74, 6) is -0.455. The van der Waals surface area contributed by atoms with E-state index in [2.05, 4.69) is 0 Å². The highest BCUT2D eigenvalue weighted by atomic mass is 35.5. The van der Waals surface area contributed by atoms with Crippen molar-refractivity contribution in [2.45, 2.75) is 19.4 Å². The predicted molar refractivity (Wildman–Crippen MR) is 53.3 cm³/mol. The summed E-state index contributed by atoms with van der Waals surface area (Å²) in [6.07, 6.45) is 0.0556. The van der Waals surface area contributed by atoms with Gasteiger partial charge >= 0.3 is 0 Å². The largest absolute Gasteiger partial charge is 0.323 e. The number of benzene rings is 1. The maximum Gasteiger partial charge on any atom is 0.129 e. The standard InChI is InChI=1S/C10H10ClFN2/c1-6-2-3-7(12)9(10(6)11)8(14)4-5-13/h2-3,8H,4,14H2,1H3/t8-/m1/s1. The van der Waals surface area contributed by atoms with E-state index in [1.165, 1.54) is 6.07 Å². The van der Waals surface area contributed by atoms with E-state index in [4.69, 9.17) is 22.6 Å². The zero-order valence-electron chi connectivity index (χ0n) is 7.72. The first-order valence-corrected chi connectivity index (χ1v) is 4.52. The normalized spacial score (nSPS) is 12.2. The summed E-state index contributed by atoms with van der Waals surface area (Å²) in [5, 5.41) is 8.77. The van der Waals surface area contributed by atoms with E-state index in [0.717, 1.165) is 5.56 Å². The Morgan fingerprint density at radius 2 is 2.29 bits per heavy atom. The molecule has 0 saturated carbocycles. The molecule has 0 bridgehead atoms. The fourth-order valence-electron chi connectivity index (χ4n) is 1.22. The van der Waals surface area contributed by atoms with Crippen molar-refractivity contribution in [3.63, 3.8) is 0 Å². The van der Waals surface area contributed by atoms with Gasteiger partial charge in [0.2, 0.25) is 0 Å². The van der Waals surface area contributed by atoms with E-state index < -0.39 is 11.9 Å². The zero-order valence-corrected chi connectivity index (χ0v) is 8.48. The van der Waals surface area contributed by atoms with Crippen LogP contribution in [-0.4, -0.2) is 0 Å². The summed E-state index contributed by atoms with van der Waals surface area (Å²) in [4.78, 5) is 0. The highest BCUT2D eigenvalue weighted by molar-refractivity contribution is 6.32. The average molecular weight is 213 g/mol. The lowest BCUT2D eigenvalue weighted by atomic mass is 10.0. The molecule has 0 aliphatic rings. The van der Waals surface area contributed by atoms with Gasteiger partial charge in [-0.1, -0.05) is 17.7 Å². The first kappa shape index (κ1) is 11.0. The first-order chi connectivity index (χ1) is 6.57. The maximum absolute atomic E-state index is 13.3. The molecule has 0 aliphatic carbocycles. The van der Waals surface area contributed by atoms with Crippen LogP contribution in [0.4, 0.5) is 4.39 Å². The van der Waals surface area contributed by atoms with Crippen molar-refractivity contribution < 1.29 is 4.39 Å². The molecule has 0 aromatic heterocycles. The second-order valence-electron chi connectivity index (χ2n) is 3.06. The maximum atomic E-state index is 13.3. The van der Waals surface area contributed by atoms with Crippen molar-refractivity contribution in [2.24, 2.45) is 5.73 Å². The van der Waals surface area contributed by atoms with E-state index >= 15 is 0 Å². The molecule has 0 fully saturated rings. The molecule has 0 saturated heterocycles. The Labute approximate surface area is 87.1 Å². The molecule has 0 spiro atoms. The monoisotopic (exact) mass is 212 g/mol. The van der Waals surface area contributed by atoms with Crippen LogP contribution in [0.1, 0.15) is 23.6 Å². The van der Waals surface area contributed by atoms with Crippen LogP contribution in [-0.2, 0) is 0 Å². The van der Waals surface area contributed by atoms with Gasteiger partial charge in [0.15, 0.2) is 0 Å². The van der Waals surface area contributed by atoms with Gasteiger partial charge in [0.05, 0.1) is 17.5 Å². The van der Waals surface area contributed by atoms with Gasteiger partial charge in [-0.25, -0.2) is 4.39 Å². The molecular weight excluding hydrogens is 203 g/mol. The fraction of sp³-hybridized carbons (Fsp3) is 0.300. The number of aryl methyl sites for hydroxylation is 1.